The molecule has 1 aliphatic rings. The van der Waals surface area contributed by atoms with Gasteiger partial charge in [0.2, 0.25) is 0 Å². The third-order valence-corrected chi connectivity index (χ3v) is 3.73. The molecule has 1 fully saturated rings. The minimum atomic E-state index is -4.35. The molecule has 110 valence electrons. The van der Waals surface area contributed by atoms with Crippen LogP contribution >= 0.6 is 0 Å². The van der Waals surface area contributed by atoms with Gasteiger partial charge >= 0.3 is 6.18 Å². The van der Waals surface area contributed by atoms with Gasteiger partial charge in [-0.25, -0.2) is 0 Å². The molecule has 0 aromatic heterocycles. The summed E-state index contributed by atoms with van der Waals surface area (Å²) in [7, 11) is 2.02. The zero-order chi connectivity index (χ0) is 14.8. The van der Waals surface area contributed by atoms with Gasteiger partial charge in [-0.15, -0.1) is 0 Å². The summed E-state index contributed by atoms with van der Waals surface area (Å²) in [5, 5.41) is 0. The Labute approximate surface area is 116 Å². The Morgan fingerprint density at radius 3 is 2.50 bits per heavy atom. The van der Waals surface area contributed by atoms with Crippen LogP contribution < -0.4 is 0 Å². The van der Waals surface area contributed by atoms with E-state index in [1.807, 2.05) is 7.05 Å². The van der Waals surface area contributed by atoms with Gasteiger partial charge in [0, 0.05) is 18.5 Å². The fraction of sp³-hybridized carbons (Fsp3) is 0.533. The van der Waals surface area contributed by atoms with Gasteiger partial charge in [-0.1, -0.05) is 12.1 Å². The van der Waals surface area contributed by atoms with Crippen molar-refractivity contribution >= 4 is 5.78 Å². The molecule has 0 aliphatic carbocycles. The lowest BCUT2D eigenvalue weighted by molar-refractivity contribution is -0.137. The van der Waals surface area contributed by atoms with Gasteiger partial charge < -0.3 is 4.90 Å². The number of hydrogen-bond donors (Lipinski definition) is 0. The molecule has 0 saturated carbocycles. The topological polar surface area (TPSA) is 20.3 Å². The molecular formula is C15H18F3NO. The summed E-state index contributed by atoms with van der Waals surface area (Å²) < 4.78 is 37.3. The maximum atomic E-state index is 12.4. The molecule has 0 amide bonds. The number of ketones is 1. The van der Waals surface area contributed by atoms with Gasteiger partial charge in [0.05, 0.1) is 5.56 Å². The number of likely N-dealkylation sites (tertiary alicyclic amines) is 1. The highest BCUT2D eigenvalue weighted by Crippen LogP contribution is 2.29. The molecule has 0 N–H and O–H groups in total. The maximum absolute atomic E-state index is 12.4. The lowest BCUT2D eigenvalue weighted by atomic mass is 9.91. The van der Waals surface area contributed by atoms with E-state index >= 15 is 0 Å². The third kappa shape index (κ3) is 3.82. The van der Waals surface area contributed by atoms with Crippen LogP contribution in [0.4, 0.5) is 13.2 Å². The van der Waals surface area contributed by atoms with E-state index in [4.69, 9.17) is 0 Å². The summed E-state index contributed by atoms with van der Waals surface area (Å²) in [6, 6.07) is 4.50. The molecule has 1 heterocycles. The average Bonchev–Trinajstić information content (AvgIpc) is 2.38. The fourth-order valence-corrected chi connectivity index (χ4v) is 2.66. The van der Waals surface area contributed by atoms with Crippen LogP contribution in [0.25, 0.3) is 0 Å². The zero-order valence-corrected chi connectivity index (χ0v) is 11.4. The van der Waals surface area contributed by atoms with Gasteiger partial charge in [0.25, 0.3) is 0 Å². The fourth-order valence-electron chi connectivity index (χ4n) is 2.66. The molecule has 2 nitrogen and oxygen atoms in total. The highest BCUT2D eigenvalue weighted by Gasteiger charge is 2.30. The maximum Gasteiger partial charge on any atom is 0.416 e. The summed E-state index contributed by atoms with van der Waals surface area (Å²) in [5.41, 5.74) is -0.349. The van der Waals surface area contributed by atoms with Gasteiger partial charge in [-0.2, -0.15) is 13.2 Å². The first kappa shape index (κ1) is 15.0. The highest BCUT2D eigenvalue weighted by atomic mass is 19.4. The van der Waals surface area contributed by atoms with Gasteiger partial charge in [-0.3, -0.25) is 4.79 Å². The van der Waals surface area contributed by atoms with Crippen molar-refractivity contribution in [2.75, 3.05) is 20.1 Å². The van der Waals surface area contributed by atoms with E-state index < -0.39 is 11.7 Å². The molecule has 1 atom stereocenters. The van der Waals surface area contributed by atoms with Crippen LogP contribution in [-0.2, 0) is 6.18 Å². The third-order valence-electron chi connectivity index (χ3n) is 3.73. The van der Waals surface area contributed by atoms with E-state index in [0.717, 1.165) is 38.1 Å². The van der Waals surface area contributed by atoms with Crippen molar-refractivity contribution < 1.29 is 18.0 Å². The monoisotopic (exact) mass is 285 g/mol. The molecule has 0 bridgehead atoms. The van der Waals surface area contributed by atoms with Gasteiger partial charge in [0.15, 0.2) is 5.78 Å². The molecule has 2 rings (SSSR count). The number of carbonyl (C=O) groups is 1. The summed E-state index contributed by atoms with van der Waals surface area (Å²) in [6.07, 6.45) is -1.86. The van der Waals surface area contributed by atoms with Crippen LogP contribution in [0.3, 0.4) is 0 Å². The number of piperidine rings is 1. The Bertz CT molecular complexity index is 467. The number of alkyl halides is 3. The van der Waals surface area contributed by atoms with Crippen molar-refractivity contribution in [3.05, 3.63) is 35.4 Å². The first-order valence-corrected chi connectivity index (χ1v) is 6.75. The predicted octanol–water partition coefficient (Wildman–Crippen LogP) is 3.62. The molecule has 1 unspecified atom stereocenters. The summed E-state index contributed by atoms with van der Waals surface area (Å²) in [4.78, 5) is 14.3. The van der Waals surface area contributed by atoms with E-state index in [-0.39, 0.29) is 5.78 Å². The lowest BCUT2D eigenvalue weighted by Crippen LogP contribution is -2.33. The first-order valence-electron chi connectivity index (χ1n) is 6.75. The van der Waals surface area contributed by atoms with Crippen LogP contribution in [0.2, 0.25) is 0 Å². The van der Waals surface area contributed by atoms with E-state index in [0.29, 0.717) is 17.9 Å². The molecular weight excluding hydrogens is 267 g/mol. The predicted molar refractivity (Wildman–Crippen MR) is 70.6 cm³/mol. The van der Waals surface area contributed by atoms with Crippen molar-refractivity contribution in [3.63, 3.8) is 0 Å². The smallest absolute Gasteiger partial charge is 0.306 e. The van der Waals surface area contributed by atoms with Crippen LogP contribution in [0.15, 0.2) is 24.3 Å². The summed E-state index contributed by atoms with van der Waals surface area (Å²) >= 11 is 0. The Balaban J connectivity index is 1.99. The first-order chi connectivity index (χ1) is 9.36. The van der Waals surface area contributed by atoms with Crippen LogP contribution in [0, 0.1) is 5.92 Å². The quantitative estimate of drug-likeness (QED) is 0.791. The van der Waals surface area contributed by atoms with Gasteiger partial charge in [0.1, 0.15) is 0 Å². The Morgan fingerprint density at radius 2 is 1.95 bits per heavy atom. The van der Waals surface area contributed by atoms with Crippen molar-refractivity contribution in [2.45, 2.75) is 25.4 Å². The van der Waals surface area contributed by atoms with E-state index in [1.54, 1.807) is 0 Å². The van der Waals surface area contributed by atoms with Crippen molar-refractivity contribution in [1.82, 2.24) is 4.90 Å². The van der Waals surface area contributed by atoms with Gasteiger partial charge in [-0.05, 0) is 44.5 Å². The standard InChI is InChI=1S/C15H18F3NO/c1-19-8-2-3-11(10-19)9-14(20)12-4-6-13(7-5-12)15(16,17)18/h4-7,11H,2-3,8-10H2,1H3. The summed E-state index contributed by atoms with van der Waals surface area (Å²) in [6.45, 7) is 1.93. The molecule has 1 aromatic rings. The van der Waals surface area contributed by atoms with Crippen molar-refractivity contribution in [2.24, 2.45) is 5.92 Å². The molecule has 20 heavy (non-hydrogen) atoms. The molecule has 5 heteroatoms. The second-order valence-corrected chi connectivity index (χ2v) is 5.47. The van der Waals surface area contributed by atoms with E-state index in [9.17, 15) is 18.0 Å². The minimum Gasteiger partial charge on any atom is -0.306 e. The van der Waals surface area contributed by atoms with Crippen LogP contribution in [0.1, 0.15) is 35.2 Å². The van der Waals surface area contributed by atoms with Crippen LogP contribution in [0.5, 0.6) is 0 Å². The van der Waals surface area contributed by atoms with Crippen molar-refractivity contribution in [1.29, 1.82) is 0 Å². The van der Waals surface area contributed by atoms with Crippen molar-refractivity contribution in [3.8, 4) is 0 Å². The number of Topliss-reactive ketones (excluding diaryl/α,β-unsaturated/α-hetero) is 1. The molecule has 1 aromatic carbocycles. The van der Waals surface area contributed by atoms with E-state index in [1.165, 1.54) is 12.1 Å². The number of carbonyl (C=O) groups excluding carboxylic acids is 1. The largest absolute Gasteiger partial charge is 0.416 e. The summed E-state index contributed by atoms with van der Waals surface area (Å²) in [5.74, 6) is 0.238. The second-order valence-electron chi connectivity index (χ2n) is 5.47. The lowest BCUT2D eigenvalue weighted by Gasteiger charge is -2.29. The minimum absolute atomic E-state index is 0.0703. The molecule has 1 saturated heterocycles. The molecule has 0 radical (unpaired) electrons. The number of rotatable bonds is 3. The normalized spacial score (nSPS) is 20.9. The highest BCUT2D eigenvalue weighted by molar-refractivity contribution is 5.96. The average molecular weight is 285 g/mol. The molecule has 0 spiro atoms. The Morgan fingerprint density at radius 1 is 1.30 bits per heavy atom. The Kier molecular flexibility index (Phi) is 4.48. The zero-order valence-electron chi connectivity index (χ0n) is 11.4. The number of benzene rings is 1. The van der Waals surface area contributed by atoms with Crippen LogP contribution in [-0.4, -0.2) is 30.8 Å². The second kappa shape index (κ2) is 5.95. The molecule has 1 aliphatic heterocycles. The number of nitrogens with zero attached hydrogens (tertiary/aromatic N) is 1. The number of hydrogen-bond acceptors (Lipinski definition) is 2. The van der Waals surface area contributed by atoms with E-state index in [2.05, 4.69) is 4.90 Å². The number of halogens is 3. The SMILES string of the molecule is CN1CCCC(CC(=O)c2ccc(C(F)(F)F)cc2)C1. The Hall–Kier alpha value is -1.36.